The molecule has 30 heavy (non-hydrogen) atoms. The summed E-state index contributed by atoms with van der Waals surface area (Å²) in [7, 11) is 0. The van der Waals surface area contributed by atoms with E-state index in [9.17, 15) is 14.4 Å². The molecule has 0 unspecified atom stereocenters. The Kier molecular flexibility index (Phi) is 5.97. The number of hydrogen-bond acceptors (Lipinski definition) is 5. The number of hydrogen-bond donors (Lipinski definition) is 1. The third kappa shape index (κ3) is 4.02. The van der Waals surface area contributed by atoms with E-state index in [-0.39, 0.29) is 54.5 Å². The van der Waals surface area contributed by atoms with Crippen LogP contribution in [0.25, 0.3) is 0 Å². The van der Waals surface area contributed by atoms with Gasteiger partial charge in [-0.2, -0.15) is 0 Å². The minimum absolute atomic E-state index is 0.0928. The number of imide groups is 1. The predicted octanol–water partition coefficient (Wildman–Crippen LogP) is 2.84. The molecular weight excluding hydrogens is 384 g/mol. The molecule has 7 nitrogen and oxygen atoms in total. The molecule has 1 saturated carbocycles. The van der Waals surface area contributed by atoms with E-state index in [1.807, 2.05) is 32.0 Å². The molecule has 3 amide bonds. The minimum Gasteiger partial charge on any atom is -0.486 e. The summed E-state index contributed by atoms with van der Waals surface area (Å²) < 4.78 is 11.2. The van der Waals surface area contributed by atoms with Gasteiger partial charge in [-0.3, -0.25) is 19.3 Å². The second-order valence-electron chi connectivity index (χ2n) is 8.77. The van der Waals surface area contributed by atoms with E-state index in [4.69, 9.17) is 9.47 Å². The van der Waals surface area contributed by atoms with Gasteiger partial charge in [-0.05, 0) is 36.5 Å². The quantitative estimate of drug-likeness (QED) is 0.724. The summed E-state index contributed by atoms with van der Waals surface area (Å²) in [6, 6.07) is 5.53. The first-order chi connectivity index (χ1) is 14.5. The second kappa shape index (κ2) is 8.66. The molecule has 0 spiro atoms. The topological polar surface area (TPSA) is 84.9 Å². The molecule has 3 aliphatic rings. The third-order valence-corrected chi connectivity index (χ3v) is 6.40. The summed E-state index contributed by atoms with van der Waals surface area (Å²) in [4.78, 5) is 39.2. The Hall–Kier alpha value is -2.57. The van der Waals surface area contributed by atoms with Crippen LogP contribution in [0.1, 0.15) is 57.6 Å². The second-order valence-corrected chi connectivity index (χ2v) is 8.77. The van der Waals surface area contributed by atoms with Crippen LogP contribution in [0.15, 0.2) is 18.2 Å². The molecule has 1 saturated heterocycles. The highest BCUT2D eigenvalue weighted by Crippen LogP contribution is 2.38. The molecule has 0 radical (unpaired) electrons. The zero-order valence-corrected chi connectivity index (χ0v) is 17.7. The summed E-state index contributed by atoms with van der Waals surface area (Å²) in [6.07, 6.45) is 3.69. The first kappa shape index (κ1) is 20.7. The average molecular weight is 415 g/mol. The van der Waals surface area contributed by atoms with Crippen molar-refractivity contribution in [2.75, 3.05) is 19.8 Å². The van der Waals surface area contributed by atoms with Gasteiger partial charge in [0.1, 0.15) is 13.2 Å². The molecule has 1 aromatic carbocycles. The SMILES string of the molecule is CC(C)[C@H](NC(=O)CCN1C(=O)[C@H]2CCCC[C@H]2C1=O)c1ccc2c(c1)OCCO2. The average Bonchev–Trinajstić information content (AvgIpc) is 3.00. The van der Waals surface area contributed by atoms with Gasteiger partial charge < -0.3 is 14.8 Å². The van der Waals surface area contributed by atoms with Crippen LogP contribution in [-0.4, -0.2) is 42.4 Å². The van der Waals surface area contributed by atoms with Crippen LogP contribution in [0.3, 0.4) is 0 Å². The number of benzene rings is 1. The van der Waals surface area contributed by atoms with E-state index in [1.165, 1.54) is 4.90 Å². The number of ether oxygens (including phenoxy) is 2. The van der Waals surface area contributed by atoms with Crippen molar-refractivity contribution in [3.63, 3.8) is 0 Å². The molecule has 1 aliphatic carbocycles. The van der Waals surface area contributed by atoms with Crippen molar-refractivity contribution in [2.24, 2.45) is 17.8 Å². The molecule has 2 fully saturated rings. The number of amides is 3. The van der Waals surface area contributed by atoms with E-state index in [0.29, 0.717) is 24.7 Å². The van der Waals surface area contributed by atoms with Crippen LogP contribution < -0.4 is 14.8 Å². The maximum absolute atomic E-state index is 12.7. The minimum atomic E-state index is -0.194. The molecule has 0 aromatic heterocycles. The summed E-state index contributed by atoms with van der Waals surface area (Å²) in [6.45, 7) is 5.28. The van der Waals surface area contributed by atoms with Crippen molar-refractivity contribution < 1.29 is 23.9 Å². The molecule has 1 aromatic rings. The van der Waals surface area contributed by atoms with Gasteiger partial charge in [0.25, 0.3) is 0 Å². The molecule has 3 atom stereocenters. The maximum Gasteiger partial charge on any atom is 0.233 e. The van der Waals surface area contributed by atoms with Crippen molar-refractivity contribution in [1.29, 1.82) is 0 Å². The highest BCUT2D eigenvalue weighted by Gasteiger charge is 2.47. The van der Waals surface area contributed by atoms with Crippen molar-refractivity contribution in [3.8, 4) is 11.5 Å². The van der Waals surface area contributed by atoms with Gasteiger partial charge in [0, 0.05) is 13.0 Å². The Balaban J connectivity index is 1.38. The zero-order chi connectivity index (χ0) is 21.3. The lowest BCUT2D eigenvalue weighted by Crippen LogP contribution is -2.37. The fourth-order valence-corrected chi connectivity index (χ4v) is 4.80. The van der Waals surface area contributed by atoms with Crippen molar-refractivity contribution in [1.82, 2.24) is 10.2 Å². The normalized spacial score (nSPS) is 24.0. The summed E-state index contributed by atoms with van der Waals surface area (Å²) in [5.41, 5.74) is 0.946. The number of carbonyl (C=O) groups is 3. The number of likely N-dealkylation sites (tertiary alicyclic amines) is 1. The fourth-order valence-electron chi connectivity index (χ4n) is 4.80. The fraction of sp³-hybridized carbons (Fsp3) is 0.609. The Morgan fingerprint density at radius 1 is 1.07 bits per heavy atom. The van der Waals surface area contributed by atoms with E-state index >= 15 is 0 Å². The number of nitrogens with one attached hydrogen (secondary N) is 1. The van der Waals surface area contributed by atoms with Crippen LogP contribution >= 0.6 is 0 Å². The van der Waals surface area contributed by atoms with Crippen molar-refractivity contribution in [2.45, 2.75) is 52.0 Å². The largest absolute Gasteiger partial charge is 0.486 e. The third-order valence-electron chi connectivity index (χ3n) is 6.40. The maximum atomic E-state index is 12.7. The van der Waals surface area contributed by atoms with E-state index in [2.05, 4.69) is 5.32 Å². The predicted molar refractivity (Wildman–Crippen MR) is 110 cm³/mol. The van der Waals surface area contributed by atoms with E-state index in [0.717, 1.165) is 31.2 Å². The van der Waals surface area contributed by atoms with E-state index in [1.54, 1.807) is 0 Å². The first-order valence-corrected chi connectivity index (χ1v) is 11.0. The Labute approximate surface area is 177 Å². The first-order valence-electron chi connectivity index (χ1n) is 11.0. The monoisotopic (exact) mass is 414 g/mol. The Morgan fingerprint density at radius 3 is 2.33 bits per heavy atom. The number of nitrogens with zero attached hydrogens (tertiary/aromatic N) is 1. The molecule has 1 N–H and O–H groups in total. The lowest BCUT2D eigenvalue weighted by atomic mass is 9.81. The van der Waals surface area contributed by atoms with Crippen LogP contribution in [-0.2, 0) is 14.4 Å². The standard InChI is InChI=1S/C23H30N2O5/c1-14(2)21(15-7-8-18-19(13-15)30-12-11-29-18)24-20(26)9-10-25-22(27)16-5-3-4-6-17(16)23(25)28/h7-8,13-14,16-17,21H,3-6,9-12H2,1-2H3,(H,24,26)/t16-,17+,21-/m0/s1. The van der Waals surface area contributed by atoms with Gasteiger partial charge in [0.15, 0.2) is 11.5 Å². The number of fused-ring (bicyclic) bond motifs is 2. The lowest BCUT2D eigenvalue weighted by Gasteiger charge is -2.26. The Bertz CT molecular complexity index is 813. The van der Waals surface area contributed by atoms with Crippen LogP contribution in [0, 0.1) is 17.8 Å². The van der Waals surface area contributed by atoms with Crippen molar-refractivity contribution in [3.05, 3.63) is 23.8 Å². The summed E-state index contributed by atoms with van der Waals surface area (Å²) >= 11 is 0. The van der Waals surface area contributed by atoms with Gasteiger partial charge >= 0.3 is 0 Å². The van der Waals surface area contributed by atoms with Gasteiger partial charge in [0.2, 0.25) is 17.7 Å². The molecule has 162 valence electrons. The molecule has 0 bridgehead atoms. The molecular formula is C23H30N2O5. The highest BCUT2D eigenvalue weighted by molar-refractivity contribution is 6.05. The van der Waals surface area contributed by atoms with Gasteiger partial charge in [-0.1, -0.05) is 32.8 Å². The number of rotatable bonds is 6. The zero-order valence-electron chi connectivity index (χ0n) is 17.7. The molecule has 2 heterocycles. The van der Waals surface area contributed by atoms with Gasteiger partial charge in [-0.15, -0.1) is 0 Å². The molecule has 4 rings (SSSR count). The molecule has 7 heteroatoms. The molecule has 2 aliphatic heterocycles. The van der Waals surface area contributed by atoms with Crippen LogP contribution in [0.5, 0.6) is 11.5 Å². The number of carbonyl (C=O) groups excluding carboxylic acids is 3. The summed E-state index contributed by atoms with van der Waals surface area (Å²) in [5.74, 6) is 0.870. The van der Waals surface area contributed by atoms with E-state index < -0.39 is 0 Å². The smallest absolute Gasteiger partial charge is 0.233 e. The van der Waals surface area contributed by atoms with Crippen molar-refractivity contribution >= 4 is 17.7 Å². The Morgan fingerprint density at radius 2 is 1.70 bits per heavy atom. The van der Waals surface area contributed by atoms with Crippen LogP contribution in [0.2, 0.25) is 0 Å². The van der Waals surface area contributed by atoms with Gasteiger partial charge in [-0.25, -0.2) is 0 Å². The highest BCUT2D eigenvalue weighted by atomic mass is 16.6. The van der Waals surface area contributed by atoms with Gasteiger partial charge in [0.05, 0.1) is 17.9 Å². The summed E-state index contributed by atoms with van der Waals surface area (Å²) in [5, 5.41) is 3.07. The lowest BCUT2D eigenvalue weighted by molar-refractivity contribution is -0.140. The van der Waals surface area contributed by atoms with Crippen LogP contribution in [0.4, 0.5) is 0 Å².